The molecule has 0 amide bonds. The minimum atomic E-state index is 0.432. The van der Waals surface area contributed by atoms with Gasteiger partial charge in [0.1, 0.15) is 5.52 Å². The van der Waals surface area contributed by atoms with Crippen LogP contribution in [-0.2, 0) is 0 Å². The lowest BCUT2D eigenvalue weighted by Gasteiger charge is -2.30. The first-order valence-corrected chi connectivity index (χ1v) is 7.43. The lowest BCUT2D eigenvalue weighted by atomic mass is 9.98. The third kappa shape index (κ3) is 2.93. The molecule has 0 unspecified atom stereocenters. The summed E-state index contributed by atoms with van der Waals surface area (Å²) in [4.78, 5) is 7.15. The lowest BCUT2D eigenvalue weighted by molar-refractivity contribution is 0.212. The van der Waals surface area contributed by atoms with E-state index in [1.54, 1.807) is 0 Å². The molecule has 1 fully saturated rings. The highest BCUT2D eigenvalue weighted by Crippen LogP contribution is 2.28. The van der Waals surface area contributed by atoms with Gasteiger partial charge in [0.2, 0.25) is 0 Å². The molecule has 0 aliphatic carbocycles. The van der Waals surface area contributed by atoms with E-state index in [-0.39, 0.29) is 0 Å². The molecule has 0 spiro atoms. The van der Waals surface area contributed by atoms with Crippen molar-refractivity contribution < 1.29 is 4.42 Å². The molecule has 2 heterocycles. The number of oxazole rings is 1. The van der Waals surface area contributed by atoms with Crippen LogP contribution in [0.1, 0.15) is 38.5 Å². The van der Waals surface area contributed by atoms with Crippen LogP contribution in [0.15, 0.2) is 40.3 Å². The quantitative estimate of drug-likeness (QED) is 0.790. The number of fused-ring (bicyclic) bond motifs is 1. The topological polar surface area (TPSA) is 29.3 Å². The Labute approximate surface area is 120 Å². The van der Waals surface area contributed by atoms with E-state index in [0.29, 0.717) is 5.92 Å². The number of likely N-dealkylation sites (tertiary alicyclic amines) is 1. The first kappa shape index (κ1) is 13.4. The zero-order valence-corrected chi connectivity index (χ0v) is 12.3. The average molecular weight is 270 g/mol. The molecule has 1 aliphatic heterocycles. The van der Waals surface area contributed by atoms with E-state index in [9.17, 15) is 0 Å². The van der Waals surface area contributed by atoms with Gasteiger partial charge in [0.05, 0.1) is 0 Å². The smallest absolute Gasteiger partial charge is 0.199 e. The molecule has 1 aromatic carbocycles. The highest BCUT2D eigenvalue weighted by Gasteiger charge is 2.24. The van der Waals surface area contributed by atoms with Crippen molar-refractivity contribution in [3.8, 4) is 0 Å². The zero-order valence-electron chi connectivity index (χ0n) is 12.3. The number of hydrogen-bond donors (Lipinski definition) is 0. The van der Waals surface area contributed by atoms with Crippen LogP contribution >= 0.6 is 0 Å². The summed E-state index contributed by atoms with van der Waals surface area (Å²) in [6.07, 6.45) is 4.70. The van der Waals surface area contributed by atoms with Crippen LogP contribution in [0.4, 0.5) is 0 Å². The SMILES string of the molecule is CC(C)=CCN1CCC[C@@H](c2nc3ccccc3o2)C1. The van der Waals surface area contributed by atoms with Crippen LogP contribution in [-0.4, -0.2) is 29.5 Å². The van der Waals surface area contributed by atoms with Gasteiger partial charge in [0.25, 0.3) is 0 Å². The maximum Gasteiger partial charge on any atom is 0.199 e. The molecule has 3 rings (SSSR count). The van der Waals surface area contributed by atoms with Crippen LogP contribution < -0.4 is 0 Å². The van der Waals surface area contributed by atoms with Gasteiger partial charge >= 0.3 is 0 Å². The number of allylic oxidation sites excluding steroid dienone is 1. The van der Waals surface area contributed by atoms with Gasteiger partial charge in [0.15, 0.2) is 11.5 Å². The number of nitrogens with zero attached hydrogens (tertiary/aromatic N) is 2. The summed E-state index contributed by atoms with van der Waals surface area (Å²) in [6.45, 7) is 7.58. The average Bonchev–Trinajstić information content (AvgIpc) is 2.89. The number of benzene rings is 1. The number of hydrogen-bond acceptors (Lipinski definition) is 3. The lowest BCUT2D eigenvalue weighted by Crippen LogP contribution is -2.34. The Morgan fingerprint density at radius 3 is 3.05 bits per heavy atom. The maximum atomic E-state index is 5.93. The summed E-state index contributed by atoms with van der Waals surface area (Å²) < 4.78 is 5.93. The Bertz CT molecular complexity index is 577. The van der Waals surface area contributed by atoms with Crippen LogP contribution in [0, 0.1) is 0 Å². The Morgan fingerprint density at radius 2 is 2.25 bits per heavy atom. The molecule has 0 N–H and O–H groups in total. The first-order valence-electron chi connectivity index (χ1n) is 7.43. The number of aromatic nitrogens is 1. The van der Waals surface area contributed by atoms with E-state index in [2.05, 4.69) is 29.8 Å². The largest absolute Gasteiger partial charge is 0.440 e. The van der Waals surface area contributed by atoms with E-state index in [0.717, 1.165) is 30.1 Å². The second-order valence-corrected chi connectivity index (χ2v) is 5.90. The van der Waals surface area contributed by atoms with Gasteiger partial charge < -0.3 is 4.42 Å². The molecule has 3 nitrogen and oxygen atoms in total. The van der Waals surface area contributed by atoms with Crippen molar-refractivity contribution in [1.82, 2.24) is 9.88 Å². The van der Waals surface area contributed by atoms with Crippen molar-refractivity contribution in [1.29, 1.82) is 0 Å². The summed E-state index contributed by atoms with van der Waals surface area (Å²) >= 11 is 0. The second kappa shape index (κ2) is 5.80. The summed E-state index contributed by atoms with van der Waals surface area (Å²) in [5.74, 6) is 1.34. The van der Waals surface area contributed by atoms with Crippen molar-refractivity contribution in [3.05, 3.63) is 41.8 Å². The monoisotopic (exact) mass is 270 g/mol. The second-order valence-electron chi connectivity index (χ2n) is 5.90. The van der Waals surface area contributed by atoms with Gasteiger partial charge in [-0.1, -0.05) is 23.8 Å². The predicted octanol–water partition coefficient (Wildman–Crippen LogP) is 3.97. The molecule has 3 heteroatoms. The van der Waals surface area contributed by atoms with E-state index in [4.69, 9.17) is 4.42 Å². The van der Waals surface area contributed by atoms with Crippen molar-refractivity contribution in [3.63, 3.8) is 0 Å². The molecule has 1 aromatic heterocycles. The molecule has 1 atom stereocenters. The van der Waals surface area contributed by atoms with E-state index in [1.165, 1.54) is 25.0 Å². The van der Waals surface area contributed by atoms with E-state index >= 15 is 0 Å². The van der Waals surface area contributed by atoms with Gasteiger partial charge in [-0.15, -0.1) is 0 Å². The minimum absolute atomic E-state index is 0.432. The first-order chi connectivity index (χ1) is 9.72. The van der Waals surface area contributed by atoms with Crippen molar-refractivity contribution in [2.24, 2.45) is 0 Å². The molecule has 1 saturated heterocycles. The van der Waals surface area contributed by atoms with Gasteiger partial charge in [-0.05, 0) is 45.4 Å². The Balaban J connectivity index is 1.74. The normalized spacial score (nSPS) is 20.2. The van der Waals surface area contributed by atoms with Crippen LogP contribution in [0.25, 0.3) is 11.1 Å². The van der Waals surface area contributed by atoms with Gasteiger partial charge in [-0.25, -0.2) is 4.98 Å². The fraction of sp³-hybridized carbons (Fsp3) is 0.471. The van der Waals surface area contributed by atoms with Gasteiger partial charge in [0, 0.05) is 19.0 Å². The zero-order chi connectivity index (χ0) is 13.9. The molecule has 1 aliphatic rings. The molecule has 2 aromatic rings. The molecule has 0 bridgehead atoms. The Hall–Kier alpha value is -1.61. The summed E-state index contributed by atoms with van der Waals surface area (Å²) in [6, 6.07) is 8.03. The van der Waals surface area contributed by atoms with Gasteiger partial charge in [-0.2, -0.15) is 0 Å². The molecule has 0 saturated carbocycles. The highest BCUT2D eigenvalue weighted by molar-refractivity contribution is 5.72. The third-order valence-corrected chi connectivity index (χ3v) is 3.92. The van der Waals surface area contributed by atoms with E-state index in [1.807, 2.05) is 24.3 Å². The summed E-state index contributed by atoms with van der Waals surface area (Å²) in [5, 5.41) is 0. The Morgan fingerprint density at radius 1 is 1.40 bits per heavy atom. The van der Waals surface area contributed by atoms with Crippen molar-refractivity contribution in [2.75, 3.05) is 19.6 Å². The fourth-order valence-electron chi connectivity index (χ4n) is 2.80. The third-order valence-electron chi connectivity index (χ3n) is 3.92. The summed E-state index contributed by atoms with van der Waals surface area (Å²) in [5.41, 5.74) is 3.27. The molecule has 106 valence electrons. The maximum absolute atomic E-state index is 5.93. The van der Waals surface area contributed by atoms with Crippen LogP contribution in [0.2, 0.25) is 0 Å². The molecular formula is C17H22N2O. The molecular weight excluding hydrogens is 248 g/mol. The van der Waals surface area contributed by atoms with Gasteiger partial charge in [-0.3, -0.25) is 4.90 Å². The minimum Gasteiger partial charge on any atom is -0.440 e. The number of para-hydroxylation sites is 2. The summed E-state index contributed by atoms with van der Waals surface area (Å²) in [7, 11) is 0. The number of rotatable bonds is 3. The predicted molar refractivity (Wildman–Crippen MR) is 81.9 cm³/mol. The van der Waals surface area contributed by atoms with Crippen LogP contribution in [0.5, 0.6) is 0 Å². The molecule has 0 radical (unpaired) electrons. The fourth-order valence-corrected chi connectivity index (χ4v) is 2.80. The van der Waals surface area contributed by atoms with Crippen molar-refractivity contribution in [2.45, 2.75) is 32.6 Å². The standard InChI is InChI=1S/C17H22N2O/c1-13(2)9-11-19-10-5-6-14(12-19)17-18-15-7-3-4-8-16(15)20-17/h3-4,7-9,14H,5-6,10-12H2,1-2H3/t14-/m1/s1. The van der Waals surface area contributed by atoms with E-state index < -0.39 is 0 Å². The van der Waals surface area contributed by atoms with Crippen molar-refractivity contribution >= 4 is 11.1 Å². The Kier molecular flexibility index (Phi) is 3.88. The number of piperidine rings is 1. The molecule has 20 heavy (non-hydrogen) atoms. The highest BCUT2D eigenvalue weighted by atomic mass is 16.3. The van der Waals surface area contributed by atoms with Crippen LogP contribution in [0.3, 0.4) is 0 Å².